The fraction of sp³-hybridized carbons (Fsp3) is 0.611. The first-order valence-corrected chi connectivity index (χ1v) is 8.21. The van der Waals surface area contributed by atoms with Gasteiger partial charge < -0.3 is 0 Å². The van der Waals surface area contributed by atoms with Crippen LogP contribution in [0.4, 0.5) is 0 Å². The molecule has 0 amide bonds. The van der Waals surface area contributed by atoms with Crippen molar-refractivity contribution in [2.24, 2.45) is 17.3 Å². The fourth-order valence-corrected chi connectivity index (χ4v) is 5.53. The van der Waals surface area contributed by atoms with Crippen molar-refractivity contribution < 1.29 is 13.9 Å². The van der Waals surface area contributed by atoms with E-state index >= 15 is 0 Å². The highest BCUT2D eigenvalue weighted by molar-refractivity contribution is 5.87. The molecule has 0 spiro atoms. The number of hydrogen-bond acceptors (Lipinski definition) is 3. The molecule has 3 heteroatoms. The fourth-order valence-electron chi connectivity index (χ4n) is 5.53. The molecular formula is C18H20O3. The second kappa shape index (κ2) is 3.82. The minimum atomic E-state index is -0.0296. The monoisotopic (exact) mass is 284 g/mol. The van der Waals surface area contributed by atoms with E-state index in [9.17, 15) is 4.79 Å². The molecule has 0 aliphatic heterocycles. The van der Waals surface area contributed by atoms with Crippen LogP contribution < -0.4 is 0 Å². The van der Waals surface area contributed by atoms with Crippen LogP contribution >= 0.6 is 0 Å². The molecule has 5 rings (SSSR count). The van der Waals surface area contributed by atoms with Gasteiger partial charge in [-0.15, -0.1) is 0 Å². The Bertz CT molecular complexity index is 737. The molecule has 1 heterocycles. The van der Waals surface area contributed by atoms with Crippen LogP contribution in [0, 0.1) is 17.3 Å². The lowest BCUT2D eigenvalue weighted by atomic mass is 9.55. The molecule has 0 bridgehead atoms. The van der Waals surface area contributed by atoms with Gasteiger partial charge in [0.05, 0.1) is 0 Å². The third kappa shape index (κ3) is 1.42. The highest BCUT2D eigenvalue weighted by Gasteiger charge is 2.54. The number of benzene rings is 1. The molecule has 1 aromatic heterocycles. The minimum Gasteiger partial charge on any atom is -0.299 e. The summed E-state index contributed by atoms with van der Waals surface area (Å²) in [7, 11) is 0. The molecular weight excluding hydrogens is 264 g/mol. The Labute approximate surface area is 123 Å². The zero-order valence-electron chi connectivity index (χ0n) is 12.4. The lowest BCUT2D eigenvalue weighted by Gasteiger charge is -2.48. The van der Waals surface area contributed by atoms with Crippen molar-refractivity contribution in [2.75, 3.05) is 0 Å². The van der Waals surface area contributed by atoms with Crippen molar-refractivity contribution in [3.8, 4) is 0 Å². The summed E-state index contributed by atoms with van der Waals surface area (Å²) < 4.78 is 10.1. The van der Waals surface area contributed by atoms with Crippen molar-refractivity contribution >= 4 is 16.9 Å². The van der Waals surface area contributed by atoms with Gasteiger partial charge in [0.1, 0.15) is 5.78 Å². The van der Waals surface area contributed by atoms with Gasteiger partial charge in [0.15, 0.2) is 0 Å². The van der Waals surface area contributed by atoms with Crippen LogP contribution in [0.5, 0.6) is 0 Å². The first kappa shape index (κ1) is 12.1. The summed E-state index contributed by atoms with van der Waals surface area (Å²) in [5.41, 5.74) is 4.66. The number of aryl methyl sites for hydroxylation is 1. The molecule has 2 saturated carbocycles. The summed E-state index contributed by atoms with van der Waals surface area (Å²) in [5, 5.41) is 0. The van der Waals surface area contributed by atoms with Gasteiger partial charge >= 0.3 is 0 Å². The normalized spacial score (nSPS) is 38.3. The second-order valence-corrected chi connectivity index (χ2v) is 7.50. The van der Waals surface area contributed by atoms with Crippen LogP contribution in [-0.2, 0) is 11.2 Å². The molecule has 2 aromatic rings. The van der Waals surface area contributed by atoms with Crippen molar-refractivity contribution in [3.63, 3.8) is 0 Å². The Hall–Kier alpha value is -1.51. The predicted octanol–water partition coefficient (Wildman–Crippen LogP) is 4.45. The zero-order valence-corrected chi connectivity index (χ0v) is 12.4. The van der Waals surface area contributed by atoms with E-state index in [1.807, 2.05) is 0 Å². The van der Waals surface area contributed by atoms with E-state index in [1.165, 1.54) is 17.5 Å². The number of hydrogen-bond donors (Lipinski definition) is 0. The van der Waals surface area contributed by atoms with Gasteiger partial charge in [-0.2, -0.15) is 0 Å². The molecule has 1 aromatic carbocycles. The summed E-state index contributed by atoms with van der Waals surface area (Å²) in [4.78, 5) is 12.3. The zero-order chi connectivity index (χ0) is 14.2. The van der Waals surface area contributed by atoms with Gasteiger partial charge in [-0.1, -0.05) is 6.92 Å². The van der Waals surface area contributed by atoms with Gasteiger partial charge in [0.2, 0.25) is 11.2 Å². The lowest BCUT2D eigenvalue weighted by Crippen LogP contribution is -2.42. The minimum absolute atomic E-state index is 0.0296. The van der Waals surface area contributed by atoms with Gasteiger partial charge in [0.25, 0.3) is 0 Å². The Morgan fingerprint density at radius 1 is 1.10 bits per heavy atom. The molecule has 0 radical (unpaired) electrons. The Balaban J connectivity index is 1.59. The molecule has 21 heavy (non-hydrogen) atoms. The summed E-state index contributed by atoms with van der Waals surface area (Å²) in [6.07, 6.45) is 6.47. The van der Waals surface area contributed by atoms with Crippen LogP contribution in [0.15, 0.2) is 21.3 Å². The number of fused-ring (bicyclic) bond motifs is 6. The molecule has 4 atom stereocenters. The van der Waals surface area contributed by atoms with Crippen molar-refractivity contribution in [2.45, 2.75) is 51.4 Å². The Kier molecular flexibility index (Phi) is 2.20. The first-order valence-electron chi connectivity index (χ1n) is 8.21. The molecule has 110 valence electrons. The van der Waals surface area contributed by atoms with E-state index in [-0.39, 0.29) is 5.41 Å². The van der Waals surface area contributed by atoms with Crippen LogP contribution in [0.1, 0.15) is 56.1 Å². The lowest BCUT2D eigenvalue weighted by molar-refractivity contribution is -0.129. The largest absolute Gasteiger partial charge is 0.299 e. The average Bonchev–Trinajstić information content (AvgIpc) is 2.77. The maximum atomic E-state index is 12.3. The molecule has 0 unspecified atom stereocenters. The van der Waals surface area contributed by atoms with Crippen LogP contribution in [0.25, 0.3) is 11.2 Å². The van der Waals surface area contributed by atoms with E-state index in [4.69, 9.17) is 9.15 Å². The summed E-state index contributed by atoms with van der Waals surface area (Å²) >= 11 is 0. The maximum absolute atomic E-state index is 12.3. The average molecular weight is 284 g/mol. The quantitative estimate of drug-likeness (QED) is 0.671. The molecule has 0 saturated heterocycles. The number of ketones is 1. The van der Waals surface area contributed by atoms with Crippen LogP contribution in [0.3, 0.4) is 0 Å². The van der Waals surface area contributed by atoms with Gasteiger partial charge in [-0.3, -0.25) is 13.9 Å². The van der Waals surface area contributed by atoms with Crippen molar-refractivity contribution in [1.82, 2.24) is 0 Å². The smallest absolute Gasteiger partial charge is 0.226 e. The van der Waals surface area contributed by atoms with Gasteiger partial charge in [0, 0.05) is 11.8 Å². The van der Waals surface area contributed by atoms with Crippen LogP contribution in [-0.4, -0.2) is 5.78 Å². The van der Waals surface area contributed by atoms with E-state index < -0.39 is 0 Å². The number of rotatable bonds is 0. The highest BCUT2D eigenvalue weighted by atomic mass is 17.0. The van der Waals surface area contributed by atoms with E-state index in [0.717, 1.165) is 43.3 Å². The summed E-state index contributed by atoms with van der Waals surface area (Å²) in [6.45, 7) is 2.23. The SMILES string of the molecule is C[C@]12CC[C@@H]3c4cc5ooc5cc4CC[C@H]3[C@@H]1CCC2=O. The molecule has 3 aliphatic rings. The maximum Gasteiger partial charge on any atom is 0.226 e. The van der Waals surface area contributed by atoms with E-state index in [1.54, 1.807) is 0 Å². The van der Waals surface area contributed by atoms with Gasteiger partial charge in [-0.05, 0) is 73.1 Å². The van der Waals surface area contributed by atoms with Crippen LogP contribution in [0.2, 0.25) is 0 Å². The van der Waals surface area contributed by atoms with Gasteiger partial charge in [-0.25, -0.2) is 0 Å². The highest BCUT2D eigenvalue weighted by Crippen LogP contribution is 2.59. The molecule has 3 nitrogen and oxygen atoms in total. The first-order chi connectivity index (χ1) is 10.2. The van der Waals surface area contributed by atoms with E-state index in [0.29, 0.717) is 23.5 Å². The number of Topliss-reactive ketones (excluding diaryl/α,β-unsaturated/α-hetero) is 1. The topological polar surface area (TPSA) is 43.4 Å². The molecule has 2 fully saturated rings. The number of carbonyl (C=O) groups excluding carboxylic acids is 1. The van der Waals surface area contributed by atoms with Crippen molar-refractivity contribution in [1.29, 1.82) is 0 Å². The Morgan fingerprint density at radius 3 is 2.71 bits per heavy atom. The predicted molar refractivity (Wildman–Crippen MR) is 78.1 cm³/mol. The summed E-state index contributed by atoms with van der Waals surface area (Å²) in [5.74, 6) is 2.42. The van der Waals surface area contributed by atoms with E-state index in [2.05, 4.69) is 19.1 Å². The third-order valence-electron chi connectivity index (χ3n) is 6.72. The molecule has 3 aliphatic carbocycles. The van der Waals surface area contributed by atoms with Crippen molar-refractivity contribution in [3.05, 3.63) is 23.3 Å². The Morgan fingerprint density at radius 2 is 1.90 bits per heavy atom. The third-order valence-corrected chi connectivity index (χ3v) is 6.72. The second-order valence-electron chi connectivity index (χ2n) is 7.50. The summed E-state index contributed by atoms with van der Waals surface area (Å²) in [6, 6.07) is 4.36. The number of carbonyl (C=O) groups is 1. The molecule has 0 N–H and O–H groups in total. The standard InChI is InChI=1S/C18H20O3/c1-18-7-6-11-12(14(18)4-5-17(18)19)3-2-10-8-15-16(21-20-15)9-13(10)11/h8-9,11-12,14H,2-7H2,1H3/t11-,12+,14-,18-/m0/s1.